The molecule has 2 aromatic rings. The van der Waals surface area contributed by atoms with Crippen molar-refractivity contribution in [2.45, 2.75) is 30.7 Å². The first kappa shape index (κ1) is 14.2. The van der Waals surface area contributed by atoms with E-state index in [1.807, 2.05) is 0 Å². The number of benzene rings is 1. The van der Waals surface area contributed by atoms with Crippen LogP contribution in [0.2, 0.25) is 0 Å². The van der Waals surface area contributed by atoms with Crippen LogP contribution in [0.1, 0.15) is 11.7 Å². The SMILES string of the molecule is O=c1oc2ccccc2cc1[C@H]1O[C@H](O)[C@H](O)[C@@H](O)[C@@H]1O. The summed E-state index contributed by atoms with van der Waals surface area (Å²) in [7, 11) is 0. The molecule has 3 rings (SSSR count). The van der Waals surface area contributed by atoms with E-state index in [0.29, 0.717) is 11.0 Å². The Morgan fingerprint density at radius 2 is 1.67 bits per heavy atom. The van der Waals surface area contributed by atoms with Gasteiger partial charge in [0.25, 0.3) is 0 Å². The van der Waals surface area contributed by atoms with Crippen LogP contribution in [0.5, 0.6) is 0 Å². The second-order valence-electron chi connectivity index (χ2n) is 4.95. The van der Waals surface area contributed by atoms with Crippen LogP contribution in [0, 0.1) is 0 Å². The Bertz CT molecular complexity index is 710. The maximum Gasteiger partial charge on any atom is 0.342 e. The predicted molar refractivity (Wildman–Crippen MR) is 70.3 cm³/mol. The van der Waals surface area contributed by atoms with Crippen molar-refractivity contribution < 1.29 is 29.6 Å². The average Bonchev–Trinajstić information content (AvgIpc) is 2.48. The quantitative estimate of drug-likeness (QED) is 0.511. The van der Waals surface area contributed by atoms with Crippen LogP contribution in [0.25, 0.3) is 11.0 Å². The Morgan fingerprint density at radius 1 is 0.952 bits per heavy atom. The van der Waals surface area contributed by atoms with Gasteiger partial charge in [0.2, 0.25) is 0 Å². The summed E-state index contributed by atoms with van der Waals surface area (Å²) in [6, 6.07) is 8.25. The van der Waals surface area contributed by atoms with Crippen molar-refractivity contribution in [2.75, 3.05) is 0 Å². The minimum Gasteiger partial charge on any atom is -0.422 e. The maximum absolute atomic E-state index is 12.0. The molecule has 1 aromatic heterocycles. The number of hydrogen-bond donors (Lipinski definition) is 4. The van der Waals surface area contributed by atoms with Gasteiger partial charge in [-0.2, -0.15) is 0 Å². The number of aliphatic hydroxyl groups is 4. The smallest absolute Gasteiger partial charge is 0.342 e. The number of hydrogen-bond acceptors (Lipinski definition) is 7. The average molecular weight is 294 g/mol. The summed E-state index contributed by atoms with van der Waals surface area (Å²) in [6.07, 6.45) is -7.85. The van der Waals surface area contributed by atoms with Crippen LogP contribution in [-0.4, -0.2) is 45.0 Å². The molecular formula is C14H14O7. The van der Waals surface area contributed by atoms with Crippen LogP contribution < -0.4 is 5.63 Å². The zero-order valence-corrected chi connectivity index (χ0v) is 10.8. The molecule has 4 N–H and O–H groups in total. The van der Waals surface area contributed by atoms with Crippen molar-refractivity contribution in [3.05, 3.63) is 46.3 Å². The first-order valence-electron chi connectivity index (χ1n) is 6.39. The normalized spacial score (nSPS) is 33.2. The van der Waals surface area contributed by atoms with Crippen LogP contribution in [0.15, 0.2) is 39.5 Å². The molecule has 0 bridgehead atoms. The fourth-order valence-electron chi connectivity index (χ4n) is 2.39. The Hall–Kier alpha value is -1.77. The fourth-order valence-corrected chi connectivity index (χ4v) is 2.39. The molecule has 1 aliphatic rings. The molecule has 0 amide bonds. The highest BCUT2D eigenvalue weighted by atomic mass is 16.6. The fraction of sp³-hybridized carbons (Fsp3) is 0.357. The largest absolute Gasteiger partial charge is 0.422 e. The molecule has 0 spiro atoms. The summed E-state index contributed by atoms with van der Waals surface area (Å²) in [5.41, 5.74) is -0.405. The number of ether oxygens (including phenoxy) is 1. The van der Waals surface area contributed by atoms with Gasteiger partial charge in [-0.25, -0.2) is 4.79 Å². The lowest BCUT2D eigenvalue weighted by Crippen LogP contribution is -2.54. The highest BCUT2D eigenvalue weighted by Gasteiger charge is 2.44. The lowest BCUT2D eigenvalue weighted by Gasteiger charge is -2.37. The third-order valence-electron chi connectivity index (χ3n) is 3.56. The van der Waals surface area contributed by atoms with Crippen molar-refractivity contribution in [3.8, 4) is 0 Å². The lowest BCUT2D eigenvalue weighted by atomic mass is 9.94. The Kier molecular flexibility index (Phi) is 3.52. The van der Waals surface area contributed by atoms with E-state index in [2.05, 4.69) is 0 Å². The molecule has 0 unspecified atom stereocenters. The van der Waals surface area contributed by atoms with Gasteiger partial charge in [-0.15, -0.1) is 0 Å². The summed E-state index contributed by atoms with van der Waals surface area (Å²) in [6.45, 7) is 0. The molecular weight excluding hydrogens is 280 g/mol. The van der Waals surface area contributed by atoms with Crippen LogP contribution in [0.3, 0.4) is 0 Å². The highest BCUT2D eigenvalue weighted by molar-refractivity contribution is 5.76. The third kappa shape index (κ3) is 2.35. The summed E-state index contributed by atoms with van der Waals surface area (Å²) >= 11 is 0. The summed E-state index contributed by atoms with van der Waals surface area (Å²) in [5.74, 6) is 0. The van der Waals surface area contributed by atoms with E-state index in [0.717, 1.165) is 0 Å². The standard InChI is InChI=1S/C14H14O7/c15-9-10(16)12(21-14(19)11(9)17)7-5-6-3-1-2-4-8(6)20-13(7)18/h1-5,9-12,14-17,19H/t9-,10-,11+,12+,14-/m0/s1. The van der Waals surface area contributed by atoms with Crippen molar-refractivity contribution in [2.24, 2.45) is 0 Å². The minimum atomic E-state index is -1.71. The molecule has 0 radical (unpaired) electrons. The monoisotopic (exact) mass is 294 g/mol. The summed E-state index contributed by atoms with van der Waals surface area (Å²) in [5, 5.41) is 39.2. The van der Waals surface area contributed by atoms with Gasteiger partial charge in [-0.1, -0.05) is 18.2 Å². The van der Waals surface area contributed by atoms with Gasteiger partial charge < -0.3 is 29.6 Å². The van der Waals surface area contributed by atoms with Crippen molar-refractivity contribution >= 4 is 11.0 Å². The van der Waals surface area contributed by atoms with Gasteiger partial charge in [0.05, 0.1) is 5.56 Å². The number of para-hydroxylation sites is 1. The van der Waals surface area contributed by atoms with Gasteiger partial charge in [0, 0.05) is 5.39 Å². The van der Waals surface area contributed by atoms with Gasteiger partial charge >= 0.3 is 5.63 Å². The zero-order chi connectivity index (χ0) is 15.1. The lowest BCUT2D eigenvalue weighted by molar-refractivity contribution is -0.284. The van der Waals surface area contributed by atoms with Crippen molar-refractivity contribution in [3.63, 3.8) is 0 Å². The topological polar surface area (TPSA) is 120 Å². The van der Waals surface area contributed by atoms with Gasteiger partial charge in [0.1, 0.15) is 30.0 Å². The molecule has 0 saturated carbocycles. The van der Waals surface area contributed by atoms with Crippen LogP contribution in [0.4, 0.5) is 0 Å². The molecule has 1 saturated heterocycles. The van der Waals surface area contributed by atoms with Crippen molar-refractivity contribution in [1.29, 1.82) is 0 Å². The Morgan fingerprint density at radius 3 is 2.43 bits per heavy atom. The molecule has 1 fully saturated rings. The van der Waals surface area contributed by atoms with Gasteiger partial charge in [-0.05, 0) is 12.1 Å². The second-order valence-corrected chi connectivity index (χ2v) is 4.95. The third-order valence-corrected chi connectivity index (χ3v) is 3.56. The maximum atomic E-state index is 12.0. The zero-order valence-electron chi connectivity index (χ0n) is 10.8. The van der Waals surface area contributed by atoms with Crippen LogP contribution >= 0.6 is 0 Å². The van der Waals surface area contributed by atoms with E-state index in [1.54, 1.807) is 24.3 Å². The molecule has 0 aliphatic carbocycles. The van der Waals surface area contributed by atoms with Gasteiger partial charge in [-0.3, -0.25) is 0 Å². The predicted octanol–water partition coefficient (Wildman–Crippen LogP) is -0.735. The first-order valence-corrected chi connectivity index (χ1v) is 6.39. The molecule has 21 heavy (non-hydrogen) atoms. The van der Waals surface area contributed by atoms with E-state index in [9.17, 15) is 25.2 Å². The molecule has 5 atom stereocenters. The Labute approximate surface area is 118 Å². The van der Waals surface area contributed by atoms with E-state index < -0.39 is 36.3 Å². The Balaban J connectivity index is 2.07. The van der Waals surface area contributed by atoms with Crippen molar-refractivity contribution in [1.82, 2.24) is 0 Å². The molecule has 7 heteroatoms. The van der Waals surface area contributed by atoms with E-state index >= 15 is 0 Å². The number of aliphatic hydroxyl groups excluding tert-OH is 4. The first-order chi connectivity index (χ1) is 9.99. The minimum absolute atomic E-state index is 0.0359. The number of rotatable bonds is 1. The van der Waals surface area contributed by atoms with E-state index in [-0.39, 0.29) is 5.56 Å². The molecule has 1 aromatic carbocycles. The van der Waals surface area contributed by atoms with E-state index in [4.69, 9.17) is 9.15 Å². The second kappa shape index (κ2) is 5.21. The van der Waals surface area contributed by atoms with Crippen LogP contribution in [-0.2, 0) is 4.74 Å². The molecule has 112 valence electrons. The summed E-state index contributed by atoms with van der Waals surface area (Å²) < 4.78 is 10.2. The molecule has 1 aliphatic heterocycles. The van der Waals surface area contributed by atoms with Gasteiger partial charge in [0.15, 0.2) is 6.29 Å². The molecule has 2 heterocycles. The van der Waals surface area contributed by atoms with E-state index in [1.165, 1.54) is 6.07 Å². The summed E-state index contributed by atoms with van der Waals surface area (Å²) in [4.78, 5) is 12.0. The number of fused-ring (bicyclic) bond motifs is 1. The highest BCUT2D eigenvalue weighted by Crippen LogP contribution is 2.31. The molecule has 7 nitrogen and oxygen atoms in total.